The summed E-state index contributed by atoms with van der Waals surface area (Å²) in [5.74, 6) is 1.50. The molecule has 2 aromatic carbocycles. The van der Waals surface area contributed by atoms with Gasteiger partial charge in [-0.25, -0.2) is 0 Å². The van der Waals surface area contributed by atoms with E-state index >= 15 is 0 Å². The van der Waals surface area contributed by atoms with Crippen LogP contribution < -0.4 is 14.8 Å². The lowest BCUT2D eigenvalue weighted by molar-refractivity contribution is -0.121. The monoisotopic (exact) mass is 324 g/mol. The van der Waals surface area contributed by atoms with E-state index in [-0.39, 0.29) is 5.91 Å². The third kappa shape index (κ3) is 5.65. The molecule has 0 atom stereocenters. The average molecular weight is 324 g/mol. The molecule has 2 rings (SSSR count). The first kappa shape index (κ1) is 17.4. The maximum Gasteiger partial charge on any atom is 0.220 e. The smallest absolute Gasteiger partial charge is 0.220 e. The van der Waals surface area contributed by atoms with Crippen molar-refractivity contribution in [3.63, 3.8) is 0 Å². The molecule has 0 saturated heterocycles. The quantitative estimate of drug-likeness (QED) is 0.758. The largest absolute Gasteiger partial charge is 0.497 e. The summed E-state index contributed by atoms with van der Waals surface area (Å²) in [6.45, 7) is 0.868. The minimum Gasteiger partial charge on any atom is -0.497 e. The highest BCUT2D eigenvalue weighted by Gasteiger charge is 2.02. The van der Waals surface area contributed by atoms with Gasteiger partial charge in [-0.1, -0.05) is 12.1 Å². The fourth-order valence-electron chi connectivity index (χ4n) is 2.12. The molecule has 5 heteroatoms. The molecule has 0 saturated carbocycles. The minimum atomic E-state index is -0.0160. The Kier molecular flexibility index (Phi) is 6.66. The fraction of sp³-hybridized carbons (Fsp3) is 0.263. The number of nitriles is 1. The topological polar surface area (TPSA) is 71.3 Å². The molecule has 5 nitrogen and oxygen atoms in total. The van der Waals surface area contributed by atoms with Gasteiger partial charge in [-0.05, 0) is 48.4 Å². The Balaban J connectivity index is 1.63. The second kappa shape index (κ2) is 9.21. The van der Waals surface area contributed by atoms with E-state index in [0.717, 1.165) is 17.1 Å². The van der Waals surface area contributed by atoms with Gasteiger partial charge in [0.2, 0.25) is 5.91 Å². The van der Waals surface area contributed by atoms with E-state index in [9.17, 15) is 4.79 Å². The molecular weight excluding hydrogens is 304 g/mol. The summed E-state index contributed by atoms with van der Waals surface area (Å²) in [5, 5.41) is 11.6. The predicted molar refractivity (Wildman–Crippen MR) is 91.0 cm³/mol. The number of aryl methyl sites for hydroxylation is 1. The SMILES string of the molecule is COc1ccc(OCCNC(=O)CCc2ccc(C#N)cc2)cc1. The van der Waals surface area contributed by atoms with Gasteiger partial charge in [-0.15, -0.1) is 0 Å². The Bertz CT molecular complexity index is 688. The van der Waals surface area contributed by atoms with Crippen molar-refractivity contribution in [3.05, 3.63) is 59.7 Å². The summed E-state index contributed by atoms with van der Waals surface area (Å²) in [7, 11) is 1.61. The second-order valence-corrected chi connectivity index (χ2v) is 5.18. The highest BCUT2D eigenvalue weighted by Crippen LogP contribution is 2.16. The molecule has 1 amide bonds. The molecule has 0 aliphatic heterocycles. The van der Waals surface area contributed by atoms with E-state index < -0.39 is 0 Å². The standard InChI is InChI=1S/C19H20N2O3/c1-23-17-7-9-18(10-8-17)24-13-12-21-19(22)11-6-15-2-4-16(14-20)5-3-15/h2-5,7-10H,6,11-13H2,1H3,(H,21,22). The summed E-state index contributed by atoms with van der Waals surface area (Å²) in [5.41, 5.74) is 1.66. The van der Waals surface area contributed by atoms with E-state index in [1.807, 2.05) is 36.4 Å². The number of rotatable bonds is 8. The van der Waals surface area contributed by atoms with Crippen LogP contribution in [0.4, 0.5) is 0 Å². The Morgan fingerprint density at radius 2 is 1.75 bits per heavy atom. The van der Waals surface area contributed by atoms with Crippen molar-refractivity contribution in [2.24, 2.45) is 0 Å². The Hall–Kier alpha value is -3.00. The van der Waals surface area contributed by atoms with Gasteiger partial charge < -0.3 is 14.8 Å². The maximum absolute atomic E-state index is 11.8. The number of hydrogen-bond donors (Lipinski definition) is 1. The number of carbonyl (C=O) groups excluding carboxylic acids is 1. The Labute approximate surface area is 141 Å². The molecule has 0 bridgehead atoms. The van der Waals surface area contributed by atoms with Crippen LogP contribution in [-0.2, 0) is 11.2 Å². The fourth-order valence-corrected chi connectivity index (χ4v) is 2.12. The zero-order valence-corrected chi connectivity index (χ0v) is 13.6. The van der Waals surface area contributed by atoms with Crippen LogP contribution in [0.25, 0.3) is 0 Å². The third-order valence-electron chi connectivity index (χ3n) is 3.48. The molecule has 0 radical (unpaired) electrons. The number of amides is 1. The van der Waals surface area contributed by atoms with Crippen LogP contribution >= 0.6 is 0 Å². The first-order chi connectivity index (χ1) is 11.7. The van der Waals surface area contributed by atoms with E-state index in [1.54, 1.807) is 19.2 Å². The third-order valence-corrected chi connectivity index (χ3v) is 3.48. The van der Waals surface area contributed by atoms with Crippen molar-refractivity contribution in [2.75, 3.05) is 20.3 Å². The minimum absolute atomic E-state index is 0.0160. The van der Waals surface area contributed by atoms with Crippen molar-refractivity contribution in [3.8, 4) is 17.6 Å². The van der Waals surface area contributed by atoms with E-state index in [4.69, 9.17) is 14.7 Å². The van der Waals surface area contributed by atoms with Crippen LogP contribution in [0.3, 0.4) is 0 Å². The van der Waals surface area contributed by atoms with E-state index in [1.165, 1.54) is 0 Å². The van der Waals surface area contributed by atoms with Gasteiger partial charge in [0.05, 0.1) is 25.3 Å². The first-order valence-electron chi connectivity index (χ1n) is 7.74. The van der Waals surface area contributed by atoms with Gasteiger partial charge in [-0.3, -0.25) is 4.79 Å². The summed E-state index contributed by atoms with van der Waals surface area (Å²) in [4.78, 5) is 11.8. The first-order valence-corrected chi connectivity index (χ1v) is 7.74. The highest BCUT2D eigenvalue weighted by atomic mass is 16.5. The zero-order valence-electron chi connectivity index (χ0n) is 13.6. The van der Waals surface area contributed by atoms with Crippen LogP contribution in [0.5, 0.6) is 11.5 Å². The van der Waals surface area contributed by atoms with Gasteiger partial charge in [-0.2, -0.15) is 5.26 Å². The molecule has 0 spiro atoms. The van der Waals surface area contributed by atoms with Crippen LogP contribution in [0.1, 0.15) is 17.5 Å². The van der Waals surface area contributed by atoms with Gasteiger partial charge in [0, 0.05) is 6.42 Å². The number of nitrogens with one attached hydrogen (secondary N) is 1. The Morgan fingerprint density at radius 1 is 1.08 bits per heavy atom. The van der Waals surface area contributed by atoms with Gasteiger partial charge in [0.1, 0.15) is 18.1 Å². The number of nitrogens with zero attached hydrogens (tertiary/aromatic N) is 1. The van der Waals surface area contributed by atoms with Crippen LogP contribution in [-0.4, -0.2) is 26.2 Å². The molecule has 0 heterocycles. The van der Waals surface area contributed by atoms with Gasteiger partial charge >= 0.3 is 0 Å². The summed E-state index contributed by atoms with van der Waals surface area (Å²) in [6, 6.07) is 16.6. The number of carbonyl (C=O) groups is 1. The highest BCUT2D eigenvalue weighted by molar-refractivity contribution is 5.76. The molecular formula is C19H20N2O3. The molecule has 24 heavy (non-hydrogen) atoms. The number of benzene rings is 2. The molecule has 0 unspecified atom stereocenters. The van der Waals surface area contributed by atoms with Crippen molar-refractivity contribution >= 4 is 5.91 Å². The number of methoxy groups -OCH3 is 1. The van der Waals surface area contributed by atoms with Crippen LogP contribution in [0.2, 0.25) is 0 Å². The predicted octanol–water partition coefficient (Wildman–Crippen LogP) is 2.69. The van der Waals surface area contributed by atoms with Crippen molar-refractivity contribution in [2.45, 2.75) is 12.8 Å². The molecule has 124 valence electrons. The van der Waals surface area contributed by atoms with E-state index in [2.05, 4.69) is 11.4 Å². The number of hydrogen-bond acceptors (Lipinski definition) is 4. The van der Waals surface area contributed by atoms with Crippen LogP contribution in [0.15, 0.2) is 48.5 Å². The molecule has 0 aliphatic rings. The second-order valence-electron chi connectivity index (χ2n) is 5.18. The van der Waals surface area contributed by atoms with Gasteiger partial charge in [0.25, 0.3) is 0 Å². The summed E-state index contributed by atoms with van der Waals surface area (Å²) in [6.07, 6.45) is 1.06. The lowest BCUT2D eigenvalue weighted by Gasteiger charge is -2.08. The lowest BCUT2D eigenvalue weighted by atomic mass is 10.1. The molecule has 0 fully saturated rings. The number of ether oxygens (including phenoxy) is 2. The van der Waals surface area contributed by atoms with Crippen LogP contribution in [0, 0.1) is 11.3 Å². The van der Waals surface area contributed by atoms with Crippen molar-refractivity contribution < 1.29 is 14.3 Å². The molecule has 2 aromatic rings. The summed E-state index contributed by atoms with van der Waals surface area (Å²) >= 11 is 0. The van der Waals surface area contributed by atoms with Crippen molar-refractivity contribution in [1.82, 2.24) is 5.32 Å². The van der Waals surface area contributed by atoms with E-state index in [0.29, 0.717) is 31.6 Å². The van der Waals surface area contributed by atoms with Gasteiger partial charge in [0.15, 0.2) is 0 Å². The average Bonchev–Trinajstić information content (AvgIpc) is 2.64. The molecule has 0 aromatic heterocycles. The normalized spacial score (nSPS) is 9.83. The maximum atomic E-state index is 11.8. The zero-order chi connectivity index (χ0) is 17.2. The Morgan fingerprint density at radius 3 is 2.38 bits per heavy atom. The molecule has 1 N–H and O–H groups in total. The summed E-state index contributed by atoms with van der Waals surface area (Å²) < 4.78 is 10.6. The van der Waals surface area contributed by atoms with Crippen molar-refractivity contribution in [1.29, 1.82) is 5.26 Å². The lowest BCUT2D eigenvalue weighted by Crippen LogP contribution is -2.28. The molecule has 0 aliphatic carbocycles.